The van der Waals surface area contributed by atoms with Crippen LogP contribution in [0.4, 0.5) is 55.2 Å². The molecule has 1 atom stereocenters. The van der Waals surface area contributed by atoms with Gasteiger partial charge in [0.1, 0.15) is 39.6 Å². The van der Waals surface area contributed by atoms with Gasteiger partial charge in [-0.2, -0.15) is 20.3 Å². The molecular formula is C47H58F2N16O3. The van der Waals surface area contributed by atoms with Crippen LogP contribution in [0.3, 0.4) is 0 Å². The monoisotopic (exact) mass is 932 g/mol. The van der Waals surface area contributed by atoms with Gasteiger partial charge in [0.05, 0.1) is 30.3 Å². The van der Waals surface area contributed by atoms with Crippen LogP contribution in [0.25, 0.3) is 10.9 Å². The molecule has 4 aliphatic rings. The lowest BCUT2D eigenvalue weighted by atomic mass is 9.94. The van der Waals surface area contributed by atoms with Gasteiger partial charge in [0.15, 0.2) is 0 Å². The summed E-state index contributed by atoms with van der Waals surface area (Å²) in [5.41, 5.74) is 8.27. The number of anilines is 8. The Labute approximate surface area is 393 Å². The van der Waals surface area contributed by atoms with Crippen molar-refractivity contribution in [3.05, 3.63) is 70.4 Å². The van der Waals surface area contributed by atoms with Crippen LogP contribution < -0.4 is 41.5 Å². The predicted molar refractivity (Wildman–Crippen MR) is 258 cm³/mol. The van der Waals surface area contributed by atoms with E-state index in [-0.39, 0.29) is 41.6 Å². The Morgan fingerprint density at radius 2 is 1.51 bits per heavy atom. The number of nitrogens with one attached hydrogen (secondary N) is 4. The molecule has 0 saturated carbocycles. The number of pyridine rings is 1. The van der Waals surface area contributed by atoms with Crippen LogP contribution in [0.5, 0.6) is 0 Å². The van der Waals surface area contributed by atoms with E-state index in [1.807, 2.05) is 46.2 Å². The van der Waals surface area contributed by atoms with Gasteiger partial charge < -0.3 is 46.1 Å². The zero-order valence-electron chi connectivity index (χ0n) is 38.3. The highest BCUT2D eigenvalue weighted by atomic mass is 19.3. The fraction of sp³-hybridized carbons (Fsp3) is 0.489. The number of benzene rings is 1. The molecular weight excluding hydrogens is 875 g/mol. The molecule has 0 spiro atoms. The molecule has 1 amide bonds. The van der Waals surface area contributed by atoms with Crippen LogP contribution >= 0.6 is 0 Å². The molecule has 0 bridgehead atoms. The number of H-pyrrole nitrogens is 1. The van der Waals surface area contributed by atoms with E-state index in [2.05, 4.69) is 56.6 Å². The number of nitriles is 1. The molecule has 358 valence electrons. The lowest BCUT2D eigenvalue weighted by molar-refractivity contribution is -0.0220. The first-order valence-electron chi connectivity index (χ1n) is 23.4. The van der Waals surface area contributed by atoms with E-state index >= 15 is 0 Å². The third-order valence-corrected chi connectivity index (χ3v) is 13.0. The van der Waals surface area contributed by atoms with Crippen LogP contribution in [0, 0.1) is 22.7 Å². The number of carbonyl (C=O) groups excluding carboxylic acids is 1. The molecule has 0 aliphatic carbocycles. The van der Waals surface area contributed by atoms with Crippen molar-refractivity contribution in [2.75, 3.05) is 89.7 Å². The average molecular weight is 933 g/mol. The van der Waals surface area contributed by atoms with Crippen molar-refractivity contribution in [3.63, 3.8) is 0 Å². The van der Waals surface area contributed by atoms with E-state index in [4.69, 9.17) is 26.1 Å². The molecule has 4 saturated heterocycles. The fourth-order valence-electron chi connectivity index (χ4n) is 9.11. The number of carbonyl (C=O) groups is 1. The number of aromatic nitrogens is 7. The number of hydrogen-bond donors (Lipinski definition) is 5. The Bertz CT molecular complexity index is 2620. The summed E-state index contributed by atoms with van der Waals surface area (Å²) in [5, 5.41) is 29.9. The minimum atomic E-state index is -2.57. The number of alkyl halides is 2. The van der Waals surface area contributed by atoms with Crippen molar-refractivity contribution in [2.45, 2.75) is 82.7 Å². The molecule has 4 aliphatic heterocycles. The summed E-state index contributed by atoms with van der Waals surface area (Å²) in [6.45, 7) is 5.55. The number of hydrogen-bond acceptors (Lipinski definition) is 17. The summed E-state index contributed by atoms with van der Waals surface area (Å²) in [6.07, 6.45) is 13.1. The highest BCUT2D eigenvalue weighted by Gasteiger charge is 2.34. The van der Waals surface area contributed by atoms with Crippen molar-refractivity contribution in [1.82, 2.24) is 35.1 Å². The van der Waals surface area contributed by atoms with Crippen molar-refractivity contribution < 1.29 is 18.3 Å². The number of ether oxygens (including phenoxy) is 1. The van der Waals surface area contributed by atoms with E-state index in [0.717, 1.165) is 88.1 Å². The van der Waals surface area contributed by atoms with E-state index in [0.29, 0.717) is 72.8 Å². The van der Waals surface area contributed by atoms with Crippen LogP contribution in [0.2, 0.25) is 0 Å². The minimum absolute atomic E-state index is 0.0613. The lowest BCUT2D eigenvalue weighted by Gasteiger charge is -2.33. The maximum atomic E-state index is 13.5. The number of methoxy groups -OCH3 is 1. The number of rotatable bonds is 12. The first-order chi connectivity index (χ1) is 33.0. The minimum Gasteiger partial charge on any atom is -0.380 e. The normalized spacial score (nSPS) is 18.8. The second-order valence-corrected chi connectivity index (χ2v) is 17.7. The van der Waals surface area contributed by atoms with Gasteiger partial charge in [-0.1, -0.05) is 12.8 Å². The number of aromatic amines is 1. The van der Waals surface area contributed by atoms with Crippen LogP contribution in [-0.2, 0) is 4.74 Å². The molecule has 4 aromatic heterocycles. The van der Waals surface area contributed by atoms with E-state index in [9.17, 15) is 18.4 Å². The van der Waals surface area contributed by atoms with Gasteiger partial charge >= 0.3 is 0 Å². The van der Waals surface area contributed by atoms with Gasteiger partial charge in [0.2, 0.25) is 11.9 Å². The second-order valence-electron chi connectivity index (χ2n) is 17.7. The van der Waals surface area contributed by atoms with Gasteiger partial charge in [0.25, 0.3) is 17.4 Å². The number of primary amides is 1. The first-order valence-corrected chi connectivity index (χ1v) is 23.4. The zero-order chi connectivity index (χ0) is 47.6. The van der Waals surface area contributed by atoms with Gasteiger partial charge in [-0.3, -0.25) is 9.59 Å². The smallest absolute Gasteiger partial charge is 0.277 e. The predicted octanol–water partition coefficient (Wildman–Crippen LogP) is 6.53. The Hall–Kier alpha value is -7.08. The molecule has 4 fully saturated rings. The molecule has 9 rings (SSSR count). The summed E-state index contributed by atoms with van der Waals surface area (Å²) in [4.78, 5) is 56.1. The molecule has 19 nitrogen and oxygen atoms in total. The largest absolute Gasteiger partial charge is 0.380 e. The molecule has 21 heteroatoms. The lowest BCUT2D eigenvalue weighted by Crippen LogP contribution is -2.39. The number of halogens is 2. The van der Waals surface area contributed by atoms with Crippen LogP contribution in [0.1, 0.15) is 86.7 Å². The fourth-order valence-corrected chi connectivity index (χ4v) is 9.11. The SMILES string of the molecule is COC1CCCN(c2ccc(Nc3nc(N4CCC(CC#N)CC4)nc(C=N)c3C(N)=O)cn2)C1.O=c1[nH]ncc2nc(N3CCCCCC3)nc(Nc3ccc(N4CCC(F)(F)CC4)cc3)c12. The highest BCUT2D eigenvalue weighted by Crippen LogP contribution is 2.33. The number of fused-ring (bicyclic) bond motifs is 1. The Morgan fingerprint density at radius 1 is 0.853 bits per heavy atom. The van der Waals surface area contributed by atoms with Gasteiger partial charge in [-0.05, 0) is 80.8 Å². The van der Waals surface area contributed by atoms with Crippen LogP contribution in [-0.4, -0.2) is 119 Å². The molecule has 6 N–H and O–H groups in total. The summed E-state index contributed by atoms with van der Waals surface area (Å²) in [5.74, 6) is -0.381. The van der Waals surface area contributed by atoms with E-state index < -0.39 is 11.8 Å². The summed E-state index contributed by atoms with van der Waals surface area (Å²) >= 11 is 0. The summed E-state index contributed by atoms with van der Waals surface area (Å²) in [7, 11) is 1.73. The topological polar surface area (TPSA) is 247 Å². The number of piperidine rings is 3. The Morgan fingerprint density at radius 3 is 2.18 bits per heavy atom. The quantitative estimate of drug-likeness (QED) is 0.0835. The van der Waals surface area contributed by atoms with Gasteiger partial charge in [0, 0.05) is 96.3 Å². The van der Waals surface area contributed by atoms with Crippen molar-refractivity contribution >= 4 is 69.4 Å². The van der Waals surface area contributed by atoms with Crippen molar-refractivity contribution in [3.8, 4) is 6.07 Å². The third-order valence-electron chi connectivity index (χ3n) is 13.0. The number of amides is 1. The molecule has 8 heterocycles. The van der Waals surface area contributed by atoms with Crippen molar-refractivity contribution in [1.29, 1.82) is 10.7 Å². The van der Waals surface area contributed by atoms with Crippen LogP contribution in [0.15, 0.2) is 53.6 Å². The number of nitrogens with two attached hydrogens (primary N) is 1. The second kappa shape index (κ2) is 21.7. The highest BCUT2D eigenvalue weighted by molar-refractivity contribution is 6.04. The zero-order valence-corrected chi connectivity index (χ0v) is 38.3. The first kappa shape index (κ1) is 47.4. The molecule has 68 heavy (non-hydrogen) atoms. The molecule has 1 aromatic carbocycles. The van der Waals surface area contributed by atoms with E-state index in [1.54, 1.807) is 19.5 Å². The van der Waals surface area contributed by atoms with Gasteiger partial charge in [-0.25, -0.2) is 28.8 Å². The molecule has 5 aromatic rings. The summed E-state index contributed by atoms with van der Waals surface area (Å²) in [6, 6.07) is 13.6. The van der Waals surface area contributed by atoms with E-state index in [1.165, 1.54) is 12.8 Å². The standard InChI is InChI=1S/C24H31N9O2.C23H27F2N7O/c1-35-18-3-2-10-33(15-18)20-5-4-17(14-28-20)29-23-21(22(27)34)19(13-26)30-24(31-23)32-11-7-16(6-9-25)8-12-32;24-23(25)9-13-31(14-10-23)17-7-5-16(6-8-17)27-20-19-18(15-26-30-21(19)33)28-22(29-20)32-11-3-1-2-4-12-32/h4-5,13-14,16,18,26H,2-3,6-8,10-12,15H2,1H3,(H2,27,34)(H,29,30,31);5-8,15H,1-4,9-14H2,(H,30,33)(H,27,28,29). The number of nitrogens with zero attached hydrogens (tertiary/aromatic N) is 11. The maximum absolute atomic E-state index is 13.5. The Kier molecular flexibility index (Phi) is 15.1. The molecule has 1 unspecified atom stereocenters. The average Bonchev–Trinajstić information content (AvgIpc) is 3.65. The Balaban J connectivity index is 0.000000184. The van der Waals surface area contributed by atoms with Gasteiger partial charge in [-0.15, -0.1) is 0 Å². The van der Waals surface area contributed by atoms with Crippen molar-refractivity contribution in [2.24, 2.45) is 11.7 Å². The molecule has 0 radical (unpaired) electrons. The maximum Gasteiger partial charge on any atom is 0.277 e. The summed E-state index contributed by atoms with van der Waals surface area (Å²) < 4.78 is 32.4. The third kappa shape index (κ3) is 11.5.